The summed E-state index contributed by atoms with van der Waals surface area (Å²) < 4.78 is 34.6. The molecular formula is C25H31Cl2N3O3S. The van der Waals surface area contributed by atoms with Crippen molar-refractivity contribution in [3.63, 3.8) is 0 Å². The van der Waals surface area contributed by atoms with E-state index in [1.807, 2.05) is 48.7 Å². The van der Waals surface area contributed by atoms with E-state index in [1.165, 1.54) is 0 Å². The van der Waals surface area contributed by atoms with Crippen molar-refractivity contribution in [2.75, 3.05) is 13.7 Å². The number of benzene rings is 2. The maximum atomic E-state index is 13.9. The van der Waals surface area contributed by atoms with E-state index in [4.69, 9.17) is 4.74 Å². The van der Waals surface area contributed by atoms with Crippen molar-refractivity contribution < 1.29 is 13.2 Å². The summed E-state index contributed by atoms with van der Waals surface area (Å²) in [5.41, 5.74) is 2.05. The number of hydrogen-bond donors (Lipinski definition) is 0. The molecule has 1 saturated heterocycles. The summed E-state index contributed by atoms with van der Waals surface area (Å²) in [6.45, 7) is 1.84. The van der Waals surface area contributed by atoms with E-state index in [9.17, 15) is 8.42 Å². The van der Waals surface area contributed by atoms with Crippen molar-refractivity contribution in [2.45, 2.75) is 43.4 Å². The van der Waals surface area contributed by atoms with Crippen LogP contribution >= 0.6 is 24.8 Å². The van der Waals surface area contributed by atoms with Gasteiger partial charge < -0.3 is 4.74 Å². The lowest BCUT2D eigenvalue weighted by molar-refractivity contribution is 0.0530. The normalized spacial score (nSPS) is 16.4. The number of methoxy groups -OCH3 is 1. The van der Waals surface area contributed by atoms with E-state index >= 15 is 0 Å². The molecule has 184 valence electrons. The van der Waals surface area contributed by atoms with Gasteiger partial charge in [0, 0.05) is 32.0 Å². The molecule has 0 N–H and O–H groups in total. The Morgan fingerprint density at radius 3 is 2.32 bits per heavy atom. The van der Waals surface area contributed by atoms with E-state index in [2.05, 4.69) is 9.88 Å². The van der Waals surface area contributed by atoms with Gasteiger partial charge in [-0.2, -0.15) is 4.31 Å². The van der Waals surface area contributed by atoms with E-state index in [1.54, 1.807) is 41.9 Å². The van der Waals surface area contributed by atoms with E-state index in [-0.39, 0.29) is 35.9 Å². The third-order valence-corrected chi connectivity index (χ3v) is 7.73. The molecule has 0 amide bonds. The molecule has 1 unspecified atom stereocenters. The minimum absolute atomic E-state index is 0. The molecule has 3 aromatic rings. The number of ether oxygens (including phenoxy) is 1. The molecule has 34 heavy (non-hydrogen) atoms. The molecule has 9 heteroatoms. The van der Waals surface area contributed by atoms with Gasteiger partial charge in [0.1, 0.15) is 5.75 Å². The number of hydrogen-bond acceptors (Lipinski definition) is 5. The van der Waals surface area contributed by atoms with Crippen LogP contribution in [-0.4, -0.2) is 42.4 Å². The van der Waals surface area contributed by atoms with Crippen molar-refractivity contribution in [3.05, 3.63) is 90.3 Å². The molecule has 0 bridgehead atoms. The molecule has 1 fully saturated rings. The maximum Gasteiger partial charge on any atom is 0.244 e. The highest BCUT2D eigenvalue weighted by molar-refractivity contribution is 7.89. The summed E-state index contributed by atoms with van der Waals surface area (Å²) in [6.07, 6.45) is 6.23. The first-order chi connectivity index (χ1) is 15.6. The lowest BCUT2D eigenvalue weighted by Gasteiger charge is -2.42. The molecule has 1 aliphatic heterocycles. The summed E-state index contributed by atoms with van der Waals surface area (Å²) in [5, 5.41) is 0. The summed E-state index contributed by atoms with van der Waals surface area (Å²) in [5.74, 6) is 0.634. The van der Waals surface area contributed by atoms with Gasteiger partial charge in [0.25, 0.3) is 0 Å². The molecule has 4 rings (SSSR count). The lowest BCUT2D eigenvalue weighted by Crippen LogP contribution is -2.52. The van der Waals surface area contributed by atoms with Crippen molar-refractivity contribution >= 4 is 34.8 Å². The Kier molecular flexibility index (Phi) is 10.8. The number of pyridine rings is 1. The fourth-order valence-corrected chi connectivity index (χ4v) is 5.84. The van der Waals surface area contributed by atoms with Gasteiger partial charge in [-0.1, -0.05) is 36.4 Å². The van der Waals surface area contributed by atoms with Crippen LogP contribution in [0.2, 0.25) is 0 Å². The van der Waals surface area contributed by atoms with Crippen LogP contribution in [0.3, 0.4) is 0 Å². The highest BCUT2D eigenvalue weighted by Gasteiger charge is 2.36. The Morgan fingerprint density at radius 2 is 1.68 bits per heavy atom. The van der Waals surface area contributed by atoms with Gasteiger partial charge in [0.05, 0.1) is 18.2 Å². The highest BCUT2D eigenvalue weighted by Crippen LogP contribution is 2.30. The third-order valence-electron chi connectivity index (χ3n) is 5.87. The molecule has 0 saturated carbocycles. The topological polar surface area (TPSA) is 62.7 Å². The fraction of sp³-hybridized carbons (Fsp3) is 0.320. The average Bonchev–Trinajstić information content (AvgIpc) is 2.84. The monoisotopic (exact) mass is 523 g/mol. The Morgan fingerprint density at radius 1 is 0.971 bits per heavy atom. The first kappa shape index (κ1) is 28.1. The van der Waals surface area contributed by atoms with Crippen molar-refractivity contribution in [2.24, 2.45) is 0 Å². The molecule has 2 heterocycles. The van der Waals surface area contributed by atoms with Gasteiger partial charge in [0.2, 0.25) is 10.0 Å². The zero-order chi connectivity index (χ0) is 22.4. The number of rotatable bonds is 8. The number of aromatic nitrogens is 1. The molecule has 0 aliphatic carbocycles. The second-order valence-corrected chi connectivity index (χ2v) is 9.91. The average molecular weight is 525 g/mol. The van der Waals surface area contributed by atoms with E-state index in [0.29, 0.717) is 18.8 Å². The molecule has 0 radical (unpaired) electrons. The number of sulfonamides is 1. The second kappa shape index (κ2) is 13.1. The molecule has 0 spiro atoms. The van der Waals surface area contributed by atoms with Gasteiger partial charge in [-0.15, -0.1) is 24.8 Å². The summed E-state index contributed by atoms with van der Waals surface area (Å²) in [7, 11) is -2.16. The maximum absolute atomic E-state index is 13.9. The molecule has 2 aromatic carbocycles. The highest BCUT2D eigenvalue weighted by atomic mass is 35.5. The molecule has 1 aliphatic rings. The largest absolute Gasteiger partial charge is 0.497 e. The van der Waals surface area contributed by atoms with Crippen LogP contribution < -0.4 is 4.74 Å². The third kappa shape index (κ3) is 6.71. The van der Waals surface area contributed by atoms with E-state index < -0.39 is 10.0 Å². The number of likely N-dealkylation sites (tertiary alicyclic amines) is 1. The van der Waals surface area contributed by atoms with Gasteiger partial charge in [-0.3, -0.25) is 9.88 Å². The SMILES string of the molecule is COc1ccc(S(=O)(=O)N(Cc2ccccc2)C2CCCCN2Cc2cccnc2)cc1.Cl.Cl. The predicted molar refractivity (Wildman–Crippen MR) is 139 cm³/mol. The van der Waals surface area contributed by atoms with Gasteiger partial charge in [-0.05, 0) is 60.7 Å². The quantitative estimate of drug-likeness (QED) is 0.409. The van der Waals surface area contributed by atoms with Gasteiger partial charge in [-0.25, -0.2) is 8.42 Å². The number of nitrogens with zero attached hydrogens (tertiary/aromatic N) is 3. The van der Waals surface area contributed by atoms with Crippen molar-refractivity contribution in [1.29, 1.82) is 0 Å². The van der Waals surface area contributed by atoms with E-state index in [0.717, 1.165) is 36.9 Å². The van der Waals surface area contributed by atoms with Crippen LogP contribution in [0.1, 0.15) is 30.4 Å². The molecule has 6 nitrogen and oxygen atoms in total. The van der Waals surface area contributed by atoms with Crippen LogP contribution in [0.4, 0.5) is 0 Å². The van der Waals surface area contributed by atoms with Crippen LogP contribution in [0.15, 0.2) is 84.0 Å². The van der Waals surface area contributed by atoms with Crippen LogP contribution in [0, 0.1) is 0 Å². The Hall–Kier alpha value is -2.16. The number of piperidine rings is 1. The van der Waals surface area contributed by atoms with Gasteiger partial charge >= 0.3 is 0 Å². The first-order valence-corrected chi connectivity index (χ1v) is 12.3. The van der Waals surface area contributed by atoms with Crippen LogP contribution in [0.25, 0.3) is 0 Å². The lowest BCUT2D eigenvalue weighted by atomic mass is 10.1. The second-order valence-electron chi connectivity index (χ2n) is 8.02. The molecule has 1 atom stereocenters. The smallest absolute Gasteiger partial charge is 0.244 e. The molecule has 1 aromatic heterocycles. The molecular weight excluding hydrogens is 493 g/mol. The number of halogens is 2. The Bertz CT molecular complexity index is 1100. The van der Waals surface area contributed by atoms with Crippen molar-refractivity contribution in [3.8, 4) is 5.75 Å². The zero-order valence-corrected chi connectivity index (χ0v) is 21.6. The fourth-order valence-electron chi connectivity index (χ4n) is 4.21. The van der Waals surface area contributed by atoms with Crippen molar-refractivity contribution in [1.82, 2.24) is 14.2 Å². The predicted octanol–water partition coefficient (Wildman–Crippen LogP) is 5.14. The minimum atomic E-state index is -3.73. The first-order valence-electron chi connectivity index (χ1n) is 10.9. The Labute approximate surface area is 214 Å². The van der Waals surface area contributed by atoms with Crippen LogP contribution in [-0.2, 0) is 23.1 Å². The zero-order valence-electron chi connectivity index (χ0n) is 19.1. The van der Waals surface area contributed by atoms with Crippen LogP contribution in [0.5, 0.6) is 5.75 Å². The summed E-state index contributed by atoms with van der Waals surface area (Å²) in [6, 6.07) is 20.4. The summed E-state index contributed by atoms with van der Waals surface area (Å²) in [4.78, 5) is 6.78. The standard InChI is InChI=1S/C25H29N3O3S.2ClH/c1-31-23-12-14-24(15-13-23)32(29,30)28(20-21-8-3-2-4-9-21)25-11-5-6-17-27(25)19-22-10-7-16-26-18-22;;/h2-4,7-10,12-16,18,25H,5-6,11,17,19-20H2,1H3;2*1H. The minimum Gasteiger partial charge on any atom is -0.497 e. The Balaban J connectivity index is 0.00000204. The van der Waals surface area contributed by atoms with Gasteiger partial charge in [0.15, 0.2) is 0 Å². The summed E-state index contributed by atoms with van der Waals surface area (Å²) >= 11 is 0.